The molecular weight excluding hydrogens is 354 g/mol. The minimum Gasteiger partial charge on any atom is -0.465 e. The summed E-state index contributed by atoms with van der Waals surface area (Å²) in [6.45, 7) is 1.25. The highest BCUT2D eigenvalue weighted by atomic mass is 32.1. The van der Waals surface area contributed by atoms with Crippen molar-refractivity contribution in [3.63, 3.8) is 0 Å². The number of benzene rings is 1. The van der Waals surface area contributed by atoms with Gasteiger partial charge in [0, 0.05) is 17.4 Å². The van der Waals surface area contributed by atoms with Gasteiger partial charge in [-0.3, -0.25) is 9.59 Å². The lowest BCUT2D eigenvalue weighted by atomic mass is 10.1. The summed E-state index contributed by atoms with van der Waals surface area (Å²) in [7, 11) is 1.32. The van der Waals surface area contributed by atoms with Gasteiger partial charge in [-0.2, -0.15) is 0 Å². The third-order valence-electron chi connectivity index (χ3n) is 4.17. The molecular formula is C19H19NO5S. The first-order valence-electron chi connectivity index (χ1n) is 8.27. The molecule has 0 spiro atoms. The number of hydrogen-bond acceptors (Lipinski definition) is 6. The molecule has 0 radical (unpaired) electrons. The van der Waals surface area contributed by atoms with Gasteiger partial charge in [0.1, 0.15) is 5.00 Å². The molecule has 0 aliphatic heterocycles. The molecule has 26 heavy (non-hydrogen) atoms. The molecule has 1 aromatic heterocycles. The van der Waals surface area contributed by atoms with E-state index in [1.54, 1.807) is 24.3 Å². The van der Waals surface area contributed by atoms with Crippen LogP contribution in [0.2, 0.25) is 0 Å². The lowest BCUT2D eigenvalue weighted by Gasteiger charge is -2.17. The van der Waals surface area contributed by atoms with Gasteiger partial charge in [-0.15, -0.1) is 11.3 Å². The summed E-state index contributed by atoms with van der Waals surface area (Å²) in [6.07, 6.45) is 1.57. The fourth-order valence-electron chi connectivity index (χ4n) is 3.05. The fraction of sp³-hybridized carbons (Fsp3) is 0.316. The fourth-order valence-corrected chi connectivity index (χ4v) is 4.33. The summed E-state index contributed by atoms with van der Waals surface area (Å²) in [5.74, 6) is -1.53. The molecule has 0 unspecified atom stereocenters. The zero-order valence-corrected chi connectivity index (χ0v) is 15.4. The number of ether oxygens (including phenoxy) is 2. The highest BCUT2D eigenvalue weighted by Gasteiger charge is 2.30. The van der Waals surface area contributed by atoms with Crippen molar-refractivity contribution in [3.8, 4) is 0 Å². The second-order valence-electron chi connectivity index (χ2n) is 5.94. The van der Waals surface area contributed by atoms with Crippen LogP contribution in [-0.2, 0) is 31.9 Å². The Morgan fingerprint density at radius 1 is 1.15 bits per heavy atom. The number of aryl methyl sites for hydroxylation is 1. The molecule has 0 bridgehead atoms. The van der Waals surface area contributed by atoms with E-state index in [1.165, 1.54) is 25.4 Å². The van der Waals surface area contributed by atoms with Gasteiger partial charge in [0.2, 0.25) is 6.10 Å². The smallest absolute Gasteiger partial charge is 0.341 e. The van der Waals surface area contributed by atoms with Gasteiger partial charge in [0.25, 0.3) is 5.91 Å². The van der Waals surface area contributed by atoms with Crippen molar-refractivity contribution < 1.29 is 23.9 Å². The zero-order chi connectivity index (χ0) is 18.7. The van der Waals surface area contributed by atoms with Crippen LogP contribution in [0.5, 0.6) is 0 Å². The van der Waals surface area contributed by atoms with E-state index in [0.717, 1.165) is 29.7 Å². The molecule has 1 aromatic carbocycles. The van der Waals surface area contributed by atoms with Crippen molar-refractivity contribution >= 4 is 34.2 Å². The standard InChI is InChI=1S/C19H19NO5S/c1-11(21)25-16(12-7-4-3-5-8-12)17(22)20-18-15(19(23)24-2)13-9-6-10-14(13)26-18/h3-5,7-8,16H,6,9-10H2,1-2H3,(H,20,22)/t16-/m0/s1. The predicted molar refractivity (Wildman–Crippen MR) is 97.3 cm³/mol. The maximum absolute atomic E-state index is 12.8. The molecule has 6 nitrogen and oxygen atoms in total. The topological polar surface area (TPSA) is 81.7 Å². The van der Waals surface area contributed by atoms with E-state index in [-0.39, 0.29) is 0 Å². The molecule has 1 heterocycles. The van der Waals surface area contributed by atoms with E-state index >= 15 is 0 Å². The number of esters is 2. The summed E-state index contributed by atoms with van der Waals surface area (Å²) in [5.41, 5.74) is 1.91. The number of methoxy groups -OCH3 is 1. The Hall–Kier alpha value is -2.67. The molecule has 0 fully saturated rings. The maximum Gasteiger partial charge on any atom is 0.341 e. The highest BCUT2D eigenvalue weighted by molar-refractivity contribution is 7.17. The molecule has 0 saturated heterocycles. The van der Waals surface area contributed by atoms with Gasteiger partial charge in [0.15, 0.2) is 0 Å². The normalized spacial score (nSPS) is 13.6. The zero-order valence-electron chi connectivity index (χ0n) is 14.5. The monoisotopic (exact) mass is 373 g/mol. The SMILES string of the molecule is COC(=O)c1c(NC(=O)[C@@H](OC(C)=O)c2ccccc2)sc2c1CCC2. The summed E-state index contributed by atoms with van der Waals surface area (Å²) < 4.78 is 10.1. The van der Waals surface area contributed by atoms with E-state index in [2.05, 4.69) is 5.32 Å². The highest BCUT2D eigenvalue weighted by Crippen LogP contribution is 2.40. The second-order valence-corrected chi connectivity index (χ2v) is 7.05. The molecule has 1 atom stereocenters. The Kier molecular flexibility index (Phi) is 5.37. The lowest BCUT2D eigenvalue weighted by Crippen LogP contribution is -2.25. The van der Waals surface area contributed by atoms with Crippen molar-refractivity contribution in [2.45, 2.75) is 32.3 Å². The van der Waals surface area contributed by atoms with Crippen LogP contribution in [0, 0.1) is 0 Å². The van der Waals surface area contributed by atoms with Gasteiger partial charge >= 0.3 is 11.9 Å². The molecule has 0 saturated carbocycles. The van der Waals surface area contributed by atoms with Crippen molar-refractivity contribution in [2.24, 2.45) is 0 Å². The summed E-state index contributed by atoms with van der Waals surface area (Å²) >= 11 is 1.38. The number of anilines is 1. The van der Waals surface area contributed by atoms with Gasteiger partial charge in [-0.1, -0.05) is 30.3 Å². The van der Waals surface area contributed by atoms with E-state index in [4.69, 9.17) is 9.47 Å². The van der Waals surface area contributed by atoms with E-state index < -0.39 is 23.9 Å². The van der Waals surface area contributed by atoms with Gasteiger partial charge in [-0.25, -0.2) is 4.79 Å². The molecule has 7 heteroatoms. The van der Waals surface area contributed by atoms with Crippen molar-refractivity contribution in [1.29, 1.82) is 0 Å². The lowest BCUT2D eigenvalue weighted by molar-refractivity contribution is -0.152. The van der Waals surface area contributed by atoms with Gasteiger partial charge in [0.05, 0.1) is 12.7 Å². The molecule has 1 amide bonds. The molecule has 1 aliphatic rings. The van der Waals surface area contributed by atoms with Crippen LogP contribution in [0.3, 0.4) is 0 Å². The predicted octanol–water partition coefficient (Wildman–Crippen LogP) is 3.27. The number of rotatable bonds is 5. The molecule has 1 aliphatic carbocycles. The number of carbonyl (C=O) groups is 3. The third kappa shape index (κ3) is 3.62. The van der Waals surface area contributed by atoms with Crippen LogP contribution >= 0.6 is 11.3 Å². The van der Waals surface area contributed by atoms with Gasteiger partial charge < -0.3 is 14.8 Å². The Bertz CT molecular complexity index is 843. The number of hydrogen-bond donors (Lipinski definition) is 1. The Balaban J connectivity index is 1.91. The van der Waals surface area contributed by atoms with Crippen molar-refractivity contribution in [3.05, 3.63) is 51.9 Å². The Morgan fingerprint density at radius 3 is 2.54 bits per heavy atom. The number of fused-ring (bicyclic) bond motifs is 1. The van der Waals surface area contributed by atoms with E-state index in [0.29, 0.717) is 16.1 Å². The molecule has 1 N–H and O–H groups in total. The Labute approximate surface area is 155 Å². The minimum atomic E-state index is -1.09. The van der Waals surface area contributed by atoms with Crippen molar-refractivity contribution in [2.75, 3.05) is 12.4 Å². The van der Waals surface area contributed by atoms with E-state index in [1.807, 2.05) is 6.07 Å². The van der Waals surface area contributed by atoms with Crippen LogP contribution in [0.15, 0.2) is 30.3 Å². The average Bonchev–Trinajstić information content (AvgIpc) is 3.20. The molecule has 2 aromatic rings. The first-order valence-corrected chi connectivity index (χ1v) is 9.08. The largest absolute Gasteiger partial charge is 0.465 e. The van der Waals surface area contributed by atoms with Crippen LogP contribution in [0.4, 0.5) is 5.00 Å². The second kappa shape index (κ2) is 7.70. The number of carbonyl (C=O) groups excluding carboxylic acids is 3. The molecule has 136 valence electrons. The van der Waals surface area contributed by atoms with Crippen LogP contribution in [-0.4, -0.2) is 25.0 Å². The van der Waals surface area contributed by atoms with Crippen molar-refractivity contribution in [1.82, 2.24) is 0 Å². The van der Waals surface area contributed by atoms with Gasteiger partial charge in [-0.05, 0) is 24.8 Å². The number of nitrogens with one attached hydrogen (secondary N) is 1. The van der Waals surface area contributed by atoms with Crippen LogP contribution in [0.1, 0.15) is 45.8 Å². The number of amides is 1. The maximum atomic E-state index is 12.8. The summed E-state index contributed by atoms with van der Waals surface area (Å²) in [6, 6.07) is 8.76. The average molecular weight is 373 g/mol. The van der Waals surface area contributed by atoms with Crippen LogP contribution in [0.25, 0.3) is 0 Å². The number of thiophene rings is 1. The summed E-state index contributed by atoms with van der Waals surface area (Å²) in [5, 5.41) is 3.20. The minimum absolute atomic E-state index is 0.410. The Morgan fingerprint density at radius 2 is 1.88 bits per heavy atom. The first-order chi connectivity index (χ1) is 12.5. The third-order valence-corrected chi connectivity index (χ3v) is 5.38. The quantitative estimate of drug-likeness (QED) is 0.814. The van der Waals surface area contributed by atoms with Crippen LogP contribution < -0.4 is 5.32 Å². The summed E-state index contributed by atoms with van der Waals surface area (Å²) in [4.78, 5) is 37.5. The molecule has 3 rings (SSSR count). The van der Waals surface area contributed by atoms with E-state index in [9.17, 15) is 14.4 Å². The first kappa shape index (κ1) is 18.1.